The van der Waals surface area contributed by atoms with Gasteiger partial charge in [-0.25, -0.2) is 9.18 Å². The zero-order chi connectivity index (χ0) is 13.2. The highest BCUT2D eigenvalue weighted by Gasteiger charge is 2.21. The number of carbonyl (C=O) groups is 1. The van der Waals surface area contributed by atoms with Gasteiger partial charge in [-0.1, -0.05) is 0 Å². The van der Waals surface area contributed by atoms with Crippen LogP contribution in [0.3, 0.4) is 0 Å². The fourth-order valence-electron chi connectivity index (χ4n) is 1.78. The minimum Gasteiger partial charge on any atom is -0.422 e. The summed E-state index contributed by atoms with van der Waals surface area (Å²) in [6.07, 6.45) is 3.45. The van der Waals surface area contributed by atoms with Crippen molar-refractivity contribution in [3.8, 4) is 0 Å². The Kier molecular flexibility index (Phi) is 3.01. The van der Waals surface area contributed by atoms with Gasteiger partial charge in [0.25, 0.3) is 0 Å². The lowest BCUT2D eigenvalue weighted by molar-refractivity contribution is -0.130. The molecule has 0 spiro atoms. The van der Waals surface area contributed by atoms with Crippen molar-refractivity contribution in [3.05, 3.63) is 69.7 Å². The van der Waals surface area contributed by atoms with Gasteiger partial charge in [0.15, 0.2) is 0 Å². The lowest BCUT2D eigenvalue weighted by Gasteiger charge is -2.00. The topological polar surface area (TPSA) is 26.3 Å². The highest BCUT2D eigenvalue weighted by Crippen LogP contribution is 2.27. The highest BCUT2D eigenvalue weighted by molar-refractivity contribution is 7.08. The standard InChI is InChI=1S/C15H9FO2S/c16-13-3-1-11(2-4-13)14-8-12(15(17)18-14)7-10-5-6-19-9-10/h1-9H/b12-7+. The van der Waals surface area contributed by atoms with Gasteiger partial charge in [-0.15, -0.1) is 0 Å². The Labute approximate surface area is 113 Å². The molecule has 94 valence electrons. The fraction of sp³-hybridized carbons (Fsp3) is 0. The van der Waals surface area contributed by atoms with Crippen molar-refractivity contribution in [2.45, 2.75) is 0 Å². The zero-order valence-electron chi connectivity index (χ0n) is 9.80. The second kappa shape index (κ2) is 4.82. The number of hydrogen-bond acceptors (Lipinski definition) is 3. The maximum Gasteiger partial charge on any atom is 0.343 e. The fourth-order valence-corrected chi connectivity index (χ4v) is 2.40. The minimum atomic E-state index is -0.384. The molecule has 0 N–H and O–H groups in total. The summed E-state index contributed by atoms with van der Waals surface area (Å²) in [5.74, 6) is -0.250. The lowest BCUT2D eigenvalue weighted by atomic mass is 10.1. The molecule has 0 amide bonds. The predicted molar refractivity (Wildman–Crippen MR) is 72.8 cm³/mol. The number of esters is 1. The molecule has 1 aromatic carbocycles. The molecule has 2 aromatic rings. The molecular weight excluding hydrogens is 263 g/mol. The maximum atomic E-state index is 12.8. The number of thiophene rings is 1. The first-order valence-electron chi connectivity index (χ1n) is 5.66. The van der Waals surface area contributed by atoms with E-state index in [1.807, 2.05) is 16.8 Å². The summed E-state index contributed by atoms with van der Waals surface area (Å²) in [6.45, 7) is 0. The van der Waals surface area contributed by atoms with E-state index in [2.05, 4.69) is 0 Å². The van der Waals surface area contributed by atoms with E-state index >= 15 is 0 Å². The minimum absolute atomic E-state index is 0.317. The normalized spacial score (nSPS) is 16.6. The highest BCUT2D eigenvalue weighted by atomic mass is 32.1. The van der Waals surface area contributed by atoms with Gasteiger partial charge < -0.3 is 4.74 Å². The SMILES string of the molecule is O=C1OC(c2ccc(F)cc2)=C/C1=C\c1ccsc1. The predicted octanol–water partition coefficient (Wildman–Crippen LogP) is 3.87. The number of rotatable bonds is 2. The second-order valence-corrected chi connectivity index (χ2v) is 4.84. The molecule has 19 heavy (non-hydrogen) atoms. The van der Waals surface area contributed by atoms with E-state index in [0.717, 1.165) is 5.56 Å². The van der Waals surface area contributed by atoms with Crippen LogP contribution < -0.4 is 0 Å². The van der Waals surface area contributed by atoms with Gasteiger partial charge in [-0.2, -0.15) is 11.3 Å². The van der Waals surface area contributed by atoms with Crippen LogP contribution in [0.5, 0.6) is 0 Å². The smallest absolute Gasteiger partial charge is 0.343 e. The average molecular weight is 272 g/mol. The van der Waals surface area contributed by atoms with Gasteiger partial charge in [0, 0.05) is 5.56 Å². The van der Waals surface area contributed by atoms with Gasteiger partial charge in [-0.05, 0) is 58.8 Å². The van der Waals surface area contributed by atoms with E-state index in [0.29, 0.717) is 16.9 Å². The Hall–Kier alpha value is -2.20. The first kappa shape index (κ1) is 11.9. The van der Waals surface area contributed by atoms with Crippen LogP contribution in [0, 0.1) is 5.82 Å². The van der Waals surface area contributed by atoms with Crippen LogP contribution in [0.25, 0.3) is 11.8 Å². The largest absolute Gasteiger partial charge is 0.422 e. The van der Waals surface area contributed by atoms with E-state index in [9.17, 15) is 9.18 Å². The summed E-state index contributed by atoms with van der Waals surface area (Å²) >= 11 is 1.56. The molecule has 0 atom stereocenters. The van der Waals surface area contributed by atoms with Crippen molar-refractivity contribution in [1.82, 2.24) is 0 Å². The molecule has 0 bridgehead atoms. The first-order valence-corrected chi connectivity index (χ1v) is 6.60. The van der Waals surface area contributed by atoms with Gasteiger partial charge in [0.2, 0.25) is 0 Å². The molecule has 0 saturated heterocycles. The molecule has 2 heterocycles. The molecule has 0 unspecified atom stereocenters. The molecule has 1 aromatic heterocycles. The van der Waals surface area contributed by atoms with Crippen LogP contribution in [0.15, 0.2) is 52.7 Å². The van der Waals surface area contributed by atoms with Crippen LogP contribution in [-0.2, 0) is 9.53 Å². The molecule has 0 saturated carbocycles. The average Bonchev–Trinajstić information content (AvgIpc) is 3.02. The Balaban J connectivity index is 1.93. The summed E-state index contributed by atoms with van der Waals surface area (Å²) in [4.78, 5) is 11.7. The molecule has 4 heteroatoms. The number of ether oxygens (including phenoxy) is 1. The summed E-state index contributed by atoms with van der Waals surface area (Å²) in [6, 6.07) is 7.77. The summed E-state index contributed by atoms with van der Waals surface area (Å²) in [5.41, 5.74) is 2.15. The lowest BCUT2D eigenvalue weighted by Crippen LogP contribution is -1.96. The molecule has 0 radical (unpaired) electrons. The zero-order valence-corrected chi connectivity index (χ0v) is 10.6. The molecular formula is C15H9FO2S. The third kappa shape index (κ3) is 2.48. The number of halogens is 1. The Morgan fingerprint density at radius 2 is 1.95 bits per heavy atom. The van der Waals surface area contributed by atoms with Crippen molar-refractivity contribution < 1.29 is 13.9 Å². The number of carbonyl (C=O) groups excluding carboxylic acids is 1. The maximum absolute atomic E-state index is 12.8. The molecule has 0 aliphatic carbocycles. The second-order valence-electron chi connectivity index (χ2n) is 4.06. The van der Waals surface area contributed by atoms with E-state index in [4.69, 9.17) is 4.74 Å². The van der Waals surface area contributed by atoms with Crippen molar-refractivity contribution in [2.24, 2.45) is 0 Å². The summed E-state index contributed by atoms with van der Waals surface area (Å²) in [5, 5.41) is 3.89. The Bertz CT molecular complexity index is 667. The molecule has 1 aliphatic heterocycles. The summed E-state index contributed by atoms with van der Waals surface area (Å²) in [7, 11) is 0. The van der Waals surface area contributed by atoms with Crippen LogP contribution in [0.1, 0.15) is 11.1 Å². The van der Waals surface area contributed by atoms with E-state index in [1.54, 1.807) is 35.6 Å². The summed E-state index contributed by atoms with van der Waals surface area (Å²) < 4.78 is 18.0. The number of cyclic esters (lactones) is 1. The van der Waals surface area contributed by atoms with Crippen LogP contribution in [0.2, 0.25) is 0 Å². The third-order valence-corrected chi connectivity index (χ3v) is 3.42. The van der Waals surface area contributed by atoms with Crippen molar-refractivity contribution in [2.75, 3.05) is 0 Å². The van der Waals surface area contributed by atoms with Crippen LogP contribution in [-0.4, -0.2) is 5.97 Å². The van der Waals surface area contributed by atoms with Crippen molar-refractivity contribution in [1.29, 1.82) is 0 Å². The quantitative estimate of drug-likeness (QED) is 0.613. The van der Waals surface area contributed by atoms with Gasteiger partial charge in [0.1, 0.15) is 11.6 Å². The Morgan fingerprint density at radius 3 is 2.63 bits per heavy atom. The van der Waals surface area contributed by atoms with Crippen LogP contribution in [0.4, 0.5) is 4.39 Å². The van der Waals surface area contributed by atoms with Crippen molar-refractivity contribution in [3.63, 3.8) is 0 Å². The molecule has 2 nitrogen and oxygen atoms in total. The monoisotopic (exact) mass is 272 g/mol. The van der Waals surface area contributed by atoms with Gasteiger partial charge >= 0.3 is 5.97 Å². The molecule has 1 aliphatic rings. The Morgan fingerprint density at radius 1 is 1.16 bits per heavy atom. The number of hydrogen-bond donors (Lipinski definition) is 0. The number of benzene rings is 1. The van der Waals surface area contributed by atoms with Crippen LogP contribution >= 0.6 is 11.3 Å². The van der Waals surface area contributed by atoms with E-state index in [-0.39, 0.29) is 11.8 Å². The molecule has 0 fully saturated rings. The molecule has 3 rings (SSSR count). The third-order valence-electron chi connectivity index (χ3n) is 2.72. The van der Waals surface area contributed by atoms with Gasteiger partial charge in [-0.3, -0.25) is 0 Å². The van der Waals surface area contributed by atoms with Crippen molar-refractivity contribution >= 4 is 29.1 Å². The van der Waals surface area contributed by atoms with E-state index in [1.165, 1.54) is 12.1 Å². The van der Waals surface area contributed by atoms with Gasteiger partial charge in [0.05, 0.1) is 5.57 Å². The van der Waals surface area contributed by atoms with E-state index < -0.39 is 0 Å². The first-order chi connectivity index (χ1) is 9.22.